The number of aliphatic imine (C=N–C) groups is 1. The van der Waals surface area contributed by atoms with Gasteiger partial charge in [-0.2, -0.15) is 0 Å². The molecular formula is C22H36N4O2. The van der Waals surface area contributed by atoms with Crippen LogP contribution in [0.15, 0.2) is 29.3 Å². The number of ether oxygens (including phenoxy) is 2. The second-order valence-corrected chi connectivity index (χ2v) is 7.57. The van der Waals surface area contributed by atoms with Crippen LogP contribution in [-0.4, -0.2) is 75.4 Å². The van der Waals surface area contributed by atoms with E-state index >= 15 is 0 Å². The zero-order valence-electron chi connectivity index (χ0n) is 17.7. The van der Waals surface area contributed by atoms with E-state index in [1.54, 1.807) is 7.11 Å². The van der Waals surface area contributed by atoms with Crippen molar-refractivity contribution in [2.24, 2.45) is 4.99 Å². The van der Waals surface area contributed by atoms with Crippen molar-refractivity contribution >= 4 is 5.96 Å². The molecule has 2 aliphatic rings. The first-order valence-electron chi connectivity index (χ1n) is 10.7. The molecular weight excluding hydrogens is 352 g/mol. The average Bonchev–Trinajstić information content (AvgIpc) is 3.27. The van der Waals surface area contributed by atoms with Crippen molar-refractivity contribution in [1.82, 2.24) is 15.1 Å². The van der Waals surface area contributed by atoms with Gasteiger partial charge in [-0.25, -0.2) is 0 Å². The topological polar surface area (TPSA) is 49.3 Å². The average molecular weight is 389 g/mol. The third kappa shape index (κ3) is 5.17. The molecule has 0 saturated carbocycles. The molecule has 1 aromatic carbocycles. The third-order valence-corrected chi connectivity index (χ3v) is 5.89. The van der Waals surface area contributed by atoms with Crippen molar-refractivity contribution in [3.8, 4) is 5.75 Å². The second kappa shape index (κ2) is 10.7. The maximum Gasteiger partial charge on any atom is 0.193 e. The van der Waals surface area contributed by atoms with Gasteiger partial charge in [0, 0.05) is 38.9 Å². The number of piperidine rings is 1. The van der Waals surface area contributed by atoms with Gasteiger partial charge in [-0.1, -0.05) is 18.2 Å². The van der Waals surface area contributed by atoms with E-state index in [0.717, 1.165) is 63.9 Å². The number of nitrogens with zero attached hydrogens (tertiary/aromatic N) is 3. The van der Waals surface area contributed by atoms with Gasteiger partial charge in [0.05, 0.1) is 19.3 Å². The normalized spacial score (nSPS) is 20.4. The smallest absolute Gasteiger partial charge is 0.193 e. The van der Waals surface area contributed by atoms with Crippen LogP contribution in [-0.2, 0) is 4.74 Å². The van der Waals surface area contributed by atoms with E-state index in [1.807, 2.05) is 13.1 Å². The molecule has 1 atom stereocenters. The van der Waals surface area contributed by atoms with E-state index in [1.165, 1.54) is 18.4 Å². The Balaban J connectivity index is 1.65. The highest BCUT2D eigenvalue weighted by molar-refractivity contribution is 5.80. The van der Waals surface area contributed by atoms with Crippen molar-refractivity contribution in [1.29, 1.82) is 0 Å². The first kappa shape index (κ1) is 20.9. The fourth-order valence-electron chi connectivity index (χ4n) is 4.42. The summed E-state index contributed by atoms with van der Waals surface area (Å²) in [6.45, 7) is 7.97. The monoisotopic (exact) mass is 388 g/mol. The largest absolute Gasteiger partial charge is 0.496 e. The maximum absolute atomic E-state index is 5.79. The van der Waals surface area contributed by atoms with Gasteiger partial charge in [0.15, 0.2) is 5.96 Å². The van der Waals surface area contributed by atoms with E-state index < -0.39 is 0 Å². The Morgan fingerprint density at radius 3 is 2.54 bits per heavy atom. The Hall–Kier alpha value is -1.79. The molecule has 0 spiro atoms. The number of benzene rings is 1. The van der Waals surface area contributed by atoms with Crippen molar-refractivity contribution in [2.45, 2.75) is 44.8 Å². The number of likely N-dealkylation sites (tertiary alicyclic amines) is 2. The third-order valence-electron chi connectivity index (χ3n) is 5.89. The van der Waals surface area contributed by atoms with Gasteiger partial charge in [-0.15, -0.1) is 0 Å². The lowest BCUT2D eigenvalue weighted by Crippen LogP contribution is -2.49. The minimum Gasteiger partial charge on any atom is -0.496 e. The Kier molecular flexibility index (Phi) is 7.98. The van der Waals surface area contributed by atoms with Crippen molar-refractivity contribution in [3.63, 3.8) is 0 Å². The molecule has 0 amide bonds. The standard InChI is InChI=1S/C22H36N4O2/c1-4-28-18-11-15-26(16-12-18)22(23-2)24-17-20(25-13-7-8-14-25)19-9-5-6-10-21(19)27-3/h5-6,9-10,18,20H,4,7-8,11-17H2,1-3H3,(H,23,24). The Morgan fingerprint density at radius 1 is 1.18 bits per heavy atom. The molecule has 6 nitrogen and oxygen atoms in total. The minimum absolute atomic E-state index is 0.288. The summed E-state index contributed by atoms with van der Waals surface area (Å²) in [5.41, 5.74) is 1.25. The number of hydrogen-bond donors (Lipinski definition) is 1. The van der Waals surface area contributed by atoms with Crippen LogP contribution in [0.3, 0.4) is 0 Å². The zero-order chi connectivity index (χ0) is 19.8. The van der Waals surface area contributed by atoms with Gasteiger partial charge in [0.25, 0.3) is 0 Å². The molecule has 2 heterocycles. The molecule has 0 aromatic heterocycles. The maximum atomic E-state index is 5.79. The molecule has 1 aromatic rings. The number of hydrogen-bond acceptors (Lipinski definition) is 4. The van der Waals surface area contributed by atoms with Gasteiger partial charge in [-0.3, -0.25) is 9.89 Å². The van der Waals surface area contributed by atoms with Gasteiger partial charge >= 0.3 is 0 Å². The van der Waals surface area contributed by atoms with Crippen LogP contribution in [0.1, 0.15) is 44.2 Å². The fourth-order valence-corrected chi connectivity index (χ4v) is 4.42. The SMILES string of the molecule is CCOC1CCN(C(=NC)NCC(c2ccccc2OC)N2CCCC2)CC1. The molecule has 2 aliphatic heterocycles. The summed E-state index contributed by atoms with van der Waals surface area (Å²) >= 11 is 0. The van der Waals surface area contributed by atoms with Crippen molar-refractivity contribution in [3.05, 3.63) is 29.8 Å². The highest BCUT2D eigenvalue weighted by Crippen LogP contribution is 2.31. The van der Waals surface area contributed by atoms with Gasteiger partial charge < -0.3 is 19.7 Å². The molecule has 0 bridgehead atoms. The van der Waals surface area contributed by atoms with E-state index in [4.69, 9.17) is 9.47 Å². The number of methoxy groups -OCH3 is 1. The first-order chi connectivity index (χ1) is 13.8. The van der Waals surface area contributed by atoms with Crippen LogP contribution in [0.4, 0.5) is 0 Å². The number of para-hydroxylation sites is 1. The summed E-state index contributed by atoms with van der Waals surface area (Å²) in [6, 6.07) is 8.69. The molecule has 1 unspecified atom stereocenters. The zero-order valence-corrected chi connectivity index (χ0v) is 17.7. The predicted molar refractivity (Wildman–Crippen MR) is 114 cm³/mol. The van der Waals surface area contributed by atoms with E-state index in [2.05, 4.69) is 45.2 Å². The molecule has 0 aliphatic carbocycles. The van der Waals surface area contributed by atoms with Crippen LogP contribution in [0.2, 0.25) is 0 Å². The molecule has 2 fully saturated rings. The number of guanidine groups is 1. The number of rotatable bonds is 7. The first-order valence-corrected chi connectivity index (χ1v) is 10.7. The summed E-state index contributed by atoms with van der Waals surface area (Å²) in [4.78, 5) is 9.49. The lowest BCUT2D eigenvalue weighted by molar-refractivity contribution is 0.0263. The molecule has 2 saturated heterocycles. The fraction of sp³-hybridized carbons (Fsp3) is 0.682. The molecule has 1 N–H and O–H groups in total. The van der Waals surface area contributed by atoms with Crippen LogP contribution < -0.4 is 10.1 Å². The van der Waals surface area contributed by atoms with Crippen molar-refractivity contribution in [2.75, 3.05) is 53.5 Å². The summed E-state index contributed by atoms with van der Waals surface area (Å²) in [5, 5.41) is 3.65. The molecule has 6 heteroatoms. The minimum atomic E-state index is 0.288. The van der Waals surface area contributed by atoms with Crippen LogP contribution in [0.5, 0.6) is 5.75 Å². The van der Waals surface area contributed by atoms with Crippen LogP contribution >= 0.6 is 0 Å². The summed E-state index contributed by atoms with van der Waals surface area (Å²) in [6.07, 6.45) is 5.06. The van der Waals surface area contributed by atoms with Crippen LogP contribution in [0.25, 0.3) is 0 Å². The highest BCUT2D eigenvalue weighted by Gasteiger charge is 2.27. The summed E-state index contributed by atoms with van der Waals surface area (Å²) < 4.78 is 11.4. The summed E-state index contributed by atoms with van der Waals surface area (Å²) in [5.74, 6) is 1.96. The van der Waals surface area contributed by atoms with E-state index in [9.17, 15) is 0 Å². The molecule has 28 heavy (non-hydrogen) atoms. The Bertz CT molecular complexity index is 623. The lowest BCUT2D eigenvalue weighted by atomic mass is 10.0. The molecule has 156 valence electrons. The van der Waals surface area contributed by atoms with Crippen molar-refractivity contribution < 1.29 is 9.47 Å². The quantitative estimate of drug-likeness (QED) is 0.575. The predicted octanol–water partition coefficient (Wildman–Crippen LogP) is 2.91. The van der Waals surface area contributed by atoms with Gasteiger partial charge in [0.1, 0.15) is 5.75 Å². The summed E-state index contributed by atoms with van der Waals surface area (Å²) in [7, 11) is 3.64. The van der Waals surface area contributed by atoms with Gasteiger partial charge in [-0.05, 0) is 51.8 Å². The molecule has 0 radical (unpaired) electrons. The molecule has 3 rings (SSSR count). The van der Waals surface area contributed by atoms with E-state index in [0.29, 0.717) is 6.10 Å². The second-order valence-electron chi connectivity index (χ2n) is 7.57. The van der Waals surface area contributed by atoms with E-state index in [-0.39, 0.29) is 6.04 Å². The number of nitrogens with one attached hydrogen (secondary N) is 1. The Labute approximate surface area is 169 Å². The highest BCUT2D eigenvalue weighted by atomic mass is 16.5. The van der Waals surface area contributed by atoms with Gasteiger partial charge in [0.2, 0.25) is 0 Å². The Morgan fingerprint density at radius 2 is 1.89 bits per heavy atom. The van der Waals surface area contributed by atoms with Crippen LogP contribution in [0, 0.1) is 0 Å². The lowest BCUT2D eigenvalue weighted by Gasteiger charge is -2.35.